The number of nitrogens with zero attached hydrogens (tertiary/aromatic N) is 1. The van der Waals surface area contributed by atoms with Gasteiger partial charge in [-0.15, -0.1) is 0 Å². The van der Waals surface area contributed by atoms with Gasteiger partial charge in [0.15, 0.2) is 0 Å². The standard InChI is InChI=1S/C12H26N2O/c1-4-8-14(11(2)10-15-3)12-6-5-7-13-9-12/h11-13H,4-10H2,1-3H3. The summed E-state index contributed by atoms with van der Waals surface area (Å²) in [7, 11) is 1.79. The smallest absolute Gasteiger partial charge is 0.0615 e. The molecule has 90 valence electrons. The normalized spacial score (nSPS) is 24.4. The highest BCUT2D eigenvalue weighted by atomic mass is 16.5. The lowest BCUT2D eigenvalue weighted by molar-refractivity contribution is 0.0599. The first-order chi connectivity index (χ1) is 7.29. The molecule has 0 amide bonds. The fraction of sp³-hybridized carbons (Fsp3) is 1.00. The first-order valence-corrected chi connectivity index (χ1v) is 6.25. The van der Waals surface area contributed by atoms with Crippen LogP contribution in [-0.2, 0) is 4.74 Å². The van der Waals surface area contributed by atoms with Crippen LogP contribution in [0, 0.1) is 0 Å². The predicted octanol–water partition coefficient (Wildman–Crippen LogP) is 1.49. The summed E-state index contributed by atoms with van der Waals surface area (Å²) in [5.41, 5.74) is 0. The Morgan fingerprint density at radius 2 is 2.33 bits per heavy atom. The minimum absolute atomic E-state index is 0.542. The SMILES string of the molecule is CCCN(C(C)COC)C1CCCNC1. The quantitative estimate of drug-likeness (QED) is 0.725. The molecule has 3 nitrogen and oxygen atoms in total. The van der Waals surface area contributed by atoms with Crippen molar-refractivity contribution >= 4 is 0 Å². The van der Waals surface area contributed by atoms with Gasteiger partial charge in [0.2, 0.25) is 0 Å². The zero-order chi connectivity index (χ0) is 11.1. The fourth-order valence-electron chi connectivity index (χ4n) is 2.47. The molecule has 1 N–H and O–H groups in total. The number of hydrogen-bond acceptors (Lipinski definition) is 3. The number of rotatable bonds is 6. The van der Waals surface area contributed by atoms with Crippen molar-refractivity contribution in [2.75, 3.05) is 33.4 Å². The second-order valence-corrected chi connectivity index (χ2v) is 4.54. The molecule has 0 spiro atoms. The lowest BCUT2D eigenvalue weighted by Gasteiger charge is -2.38. The van der Waals surface area contributed by atoms with Gasteiger partial charge in [-0.2, -0.15) is 0 Å². The Hall–Kier alpha value is -0.120. The summed E-state index contributed by atoms with van der Waals surface area (Å²) in [6, 6.07) is 1.25. The summed E-state index contributed by atoms with van der Waals surface area (Å²) in [6.07, 6.45) is 3.87. The van der Waals surface area contributed by atoms with E-state index in [-0.39, 0.29) is 0 Å². The van der Waals surface area contributed by atoms with Crippen LogP contribution in [-0.4, -0.2) is 50.3 Å². The molecular formula is C12H26N2O. The summed E-state index contributed by atoms with van der Waals surface area (Å²) in [4.78, 5) is 2.61. The predicted molar refractivity (Wildman–Crippen MR) is 64.2 cm³/mol. The van der Waals surface area contributed by atoms with Crippen LogP contribution in [0.3, 0.4) is 0 Å². The number of piperidine rings is 1. The van der Waals surface area contributed by atoms with Crippen LogP contribution in [0.25, 0.3) is 0 Å². The van der Waals surface area contributed by atoms with Gasteiger partial charge >= 0.3 is 0 Å². The van der Waals surface area contributed by atoms with Crippen molar-refractivity contribution in [2.45, 2.75) is 45.2 Å². The van der Waals surface area contributed by atoms with Gasteiger partial charge < -0.3 is 10.1 Å². The van der Waals surface area contributed by atoms with Gasteiger partial charge in [0, 0.05) is 25.7 Å². The minimum atomic E-state index is 0.542. The summed E-state index contributed by atoms with van der Waals surface area (Å²) < 4.78 is 5.26. The molecule has 1 rings (SSSR count). The maximum atomic E-state index is 5.26. The minimum Gasteiger partial charge on any atom is -0.383 e. The van der Waals surface area contributed by atoms with E-state index in [0.717, 1.165) is 13.2 Å². The Morgan fingerprint density at radius 3 is 2.87 bits per heavy atom. The van der Waals surface area contributed by atoms with E-state index in [1.54, 1.807) is 7.11 Å². The first-order valence-electron chi connectivity index (χ1n) is 6.25. The van der Waals surface area contributed by atoms with Gasteiger partial charge in [0.25, 0.3) is 0 Å². The van der Waals surface area contributed by atoms with Crippen LogP contribution in [0.15, 0.2) is 0 Å². The summed E-state index contributed by atoms with van der Waals surface area (Å²) >= 11 is 0. The molecule has 2 unspecified atom stereocenters. The highest BCUT2D eigenvalue weighted by Crippen LogP contribution is 2.14. The van der Waals surface area contributed by atoms with E-state index >= 15 is 0 Å². The molecule has 1 fully saturated rings. The van der Waals surface area contributed by atoms with E-state index in [9.17, 15) is 0 Å². The van der Waals surface area contributed by atoms with Crippen molar-refractivity contribution in [1.82, 2.24) is 10.2 Å². The molecule has 1 heterocycles. The van der Waals surface area contributed by atoms with Crippen LogP contribution in [0.2, 0.25) is 0 Å². The van der Waals surface area contributed by atoms with Crippen molar-refractivity contribution in [3.63, 3.8) is 0 Å². The monoisotopic (exact) mass is 214 g/mol. The van der Waals surface area contributed by atoms with E-state index in [1.807, 2.05) is 0 Å². The van der Waals surface area contributed by atoms with Crippen molar-refractivity contribution in [2.24, 2.45) is 0 Å². The first kappa shape index (κ1) is 12.9. The molecule has 0 aliphatic carbocycles. The van der Waals surface area contributed by atoms with Gasteiger partial charge in [0.05, 0.1) is 6.61 Å². The van der Waals surface area contributed by atoms with Gasteiger partial charge in [-0.25, -0.2) is 0 Å². The highest BCUT2D eigenvalue weighted by Gasteiger charge is 2.24. The van der Waals surface area contributed by atoms with Crippen molar-refractivity contribution in [3.8, 4) is 0 Å². The molecule has 0 aromatic heterocycles. The largest absolute Gasteiger partial charge is 0.383 e. The van der Waals surface area contributed by atoms with Crippen LogP contribution in [0.4, 0.5) is 0 Å². The Bertz CT molecular complexity index is 158. The second kappa shape index (κ2) is 7.20. The Labute approximate surface area is 94.2 Å². The molecule has 1 saturated heterocycles. The molecule has 3 heteroatoms. The van der Waals surface area contributed by atoms with Crippen LogP contribution in [0.1, 0.15) is 33.1 Å². The highest BCUT2D eigenvalue weighted by molar-refractivity contribution is 4.81. The molecule has 0 radical (unpaired) electrons. The third-order valence-electron chi connectivity index (χ3n) is 3.20. The molecule has 1 aliphatic heterocycles. The molecule has 0 bridgehead atoms. The number of nitrogens with one attached hydrogen (secondary N) is 1. The third-order valence-corrected chi connectivity index (χ3v) is 3.20. The van der Waals surface area contributed by atoms with Gasteiger partial charge in [-0.1, -0.05) is 6.92 Å². The van der Waals surface area contributed by atoms with Gasteiger partial charge in [-0.3, -0.25) is 4.90 Å². The van der Waals surface area contributed by atoms with E-state index in [2.05, 4.69) is 24.1 Å². The topological polar surface area (TPSA) is 24.5 Å². The number of methoxy groups -OCH3 is 1. The van der Waals surface area contributed by atoms with Crippen molar-refractivity contribution in [1.29, 1.82) is 0 Å². The lowest BCUT2D eigenvalue weighted by Crippen LogP contribution is -2.51. The van der Waals surface area contributed by atoms with Crippen LogP contribution >= 0.6 is 0 Å². The Balaban J connectivity index is 2.46. The van der Waals surface area contributed by atoms with Gasteiger partial charge in [-0.05, 0) is 39.3 Å². The average Bonchev–Trinajstić information content (AvgIpc) is 2.27. The molecule has 15 heavy (non-hydrogen) atoms. The molecule has 2 atom stereocenters. The maximum absolute atomic E-state index is 5.26. The fourth-order valence-corrected chi connectivity index (χ4v) is 2.47. The molecule has 0 aromatic rings. The van der Waals surface area contributed by atoms with Crippen molar-refractivity contribution < 1.29 is 4.74 Å². The van der Waals surface area contributed by atoms with E-state index in [0.29, 0.717) is 12.1 Å². The zero-order valence-corrected chi connectivity index (χ0v) is 10.5. The number of hydrogen-bond donors (Lipinski definition) is 1. The van der Waals surface area contributed by atoms with E-state index in [4.69, 9.17) is 4.74 Å². The number of ether oxygens (including phenoxy) is 1. The summed E-state index contributed by atoms with van der Waals surface area (Å²) in [5.74, 6) is 0. The molecule has 1 aliphatic rings. The van der Waals surface area contributed by atoms with E-state index < -0.39 is 0 Å². The van der Waals surface area contributed by atoms with Gasteiger partial charge in [0.1, 0.15) is 0 Å². The Morgan fingerprint density at radius 1 is 1.53 bits per heavy atom. The van der Waals surface area contributed by atoms with Crippen LogP contribution in [0.5, 0.6) is 0 Å². The second-order valence-electron chi connectivity index (χ2n) is 4.54. The summed E-state index contributed by atoms with van der Waals surface area (Å²) in [5, 5.41) is 3.49. The molecule has 0 saturated carbocycles. The average molecular weight is 214 g/mol. The Kier molecular flexibility index (Phi) is 6.22. The van der Waals surface area contributed by atoms with E-state index in [1.165, 1.54) is 32.4 Å². The zero-order valence-electron chi connectivity index (χ0n) is 10.5. The molecule has 0 aromatic carbocycles. The third kappa shape index (κ3) is 4.09. The maximum Gasteiger partial charge on any atom is 0.0615 e. The summed E-state index contributed by atoms with van der Waals surface area (Å²) in [6.45, 7) is 8.90. The van der Waals surface area contributed by atoms with Crippen LogP contribution < -0.4 is 5.32 Å². The lowest BCUT2D eigenvalue weighted by atomic mass is 10.0. The van der Waals surface area contributed by atoms with Crippen molar-refractivity contribution in [3.05, 3.63) is 0 Å². The molecular weight excluding hydrogens is 188 g/mol.